The van der Waals surface area contributed by atoms with Crippen molar-refractivity contribution < 1.29 is 62.8 Å². The van der Waals surface area contributed by atoms with Gasteiger partial charge in [0.15, 0.2) is 12.6 Å². The van der Waals surface area contributed by atoms with Crippen molar-refractivity contribution in [3.63, 3.8) is 0 Å². The third-order valence-electron chi connectivity index (χ3n) is 12.4. The Kier molecular flexibility index (Phi) is 15.9. The number of methoxy groups -OCH3 is 3. The molecule has 0 spiro atoms. The summed E-state index contributed by atoms with van der Waals surface area (Å²) in [5, 5.41) is 35.0. The average Bonchev–Trinajstić information content (AvgIpc) is 3.09. The number of hydrogen-bond donors (Lipinski definition) is 3. The molecule has 3 fully saturated rings. The second-order valence-corrected chi connectivity index (χ2v) is 16.8. The highest BCUT2D eigenvalue weighted by Crippen LogP contribution is 2.41. The maximum absolute atomic E-state index is 14.4. The number of ketones is 1. The van der Waals surface area contributed by atoms with Crippen LogP contribution < -0.4 is 0 Å². The summed E-state index contributed by atoms with van der Waals surface area (Å²) >= 11 is 0. The number of Topliss-reactive ketones (excluding diaryl/α,β-unsaturated/α-hetero) is 1. The summed E-state index contributed by atoms with van der Waals surface area (Å²) in [7, 11) is 8.25. The number of likely N-dealkylation sites (N-methyl/N-ethyl adjacent to an activating group) is 1. The van der Waals surface area contributed by atoms with Gasteiger partial charge in [0.2, 0.25) is 0 Å². The Morgan fingerprint density at radius 2 is 1.49 bits per heavy atom. The third-order valence-corrected chi connectivity index (χ3v) is 12.4. The molecule has 53 heavy (non-hydrogen) atoms. The number of ether oxygens (including phenoxy) is 8. The van der Waals surface area contributed by atoms with Gasteiger partial charge in [-0.05, 0) is 74.9 Å². The molecule has 0 saturated carbocycles. The lowest BCUT2D eigenvalue weighted by Crippen LogP contribution is -2.61. The number of esters is 1. The van der Waals surface area contributed by atoms with Crippen LogP contribution in [0.4, 0.5) is 0 Å². The molecule has 3 N–H and O–H groups in total. The third kappa shape index (κ3) is 9.81. The first-order chi connectivity index (χ1) is 24.5. The molecule has 0 aromatic carbocycles. The van der Waals surface area contributed by atoms with Crippen LogP contribution in [-0.2, 0) is 47.5 Å². The molecule has 0 bridgehead atoms. The predicted molar refractivity (Wildman–Crippen MR) is 196 cm³/mol. The largest absolute Gasteiger partial charge is 0.459 e. The second kappa shape index (κ2) is 18.3. The van der Waals surface area contributed by atoms with E-state index >= 15 is 0 Å². The summed E-state index contributed by atoms with van der Waals surface area (Å²) in [5.74, 6) is -3.94. The minimum atomic E-state index is -1.72. The topological polar surface area (TPSA) is 172 Å². The van der Waals surface area contributed by atoms with E-state index in [0.29, 0.717) is 12.8 Å². The standard InChI is InChI=1S/C39H71NO13/c1-16-27-39(10,48-15)34(46-13)22(4)29(41)20(2)18-37(8,45)33(53-36-30(42)26(40(11)12)17-21(3)49-36)23(5)31(24(6)35(44)51-27)52-28-19-38(9,47-14)32(43)25(7)50-28/h20-28,30-34,36,42-43,45H,16-19H2,1-15H3/t20-,21?,22+,23+,24-,25?,26?,27-,28?,30?,31?,32?,33-,34-,36?,37-,38?,39-/m1/s1. The van der Waals surface area contributed by atoms with Gasteiger partial charge >= 0.3 is 5.97 Å². The van der Waals surface area contributed by atoms with Crippen LogP contribution in [0.5, 0.6) is 0 Å². The first-order valence-electron chi connectivity index (χ1n) is 19.3. The number of carbonyl (C=O) groups is 2. The van der Waals surface area contributed by atoms with Crippen LogP contribution >= 0.6 is 0 Å². The van der Waals surface area contributed by atoms with Crippen molar-refractivity contribution >= 4 is 11.8 Å². The van der Waals surface area contributed by atoms with E-state index in [2.05, 4.69) is 0 Å². The Balaban J connectivity index is 2.22. The molecular formula is C39H71NO13. The Bertz CT molecular complexity index is 1200. The molecule has 0 amide bonds. The molecule has 3 saturated heterocycles. The predicted octanol–water partition coefficient (Wildman–Crippen LogP) is 3.09. The maximum atomic E-state index is 14.4. The SMILES string of the molecule is CC[C@H]1OC(=O)[C@H](C)C(OC2CC(C)(OC)C(O)C(C)O2)[C@H](C)[C@@H](OC2OC(C)CC(N(C)C)C2O)[C@](C)(O)C[C@@H](C)C(=O)[C@H](C)[C@@H](OC)[C@]1(C)OC. The van der Waals surface area contributed by atoms with Gasteiger partial charge in [-0.1, -0.05) is 27.7 Å². The monoisotopic (exact) mass is 761 g/mol. The summed E-state index contributed by atoms with van der Waals surface area (Å²) in [6.45, 7) is 17.6. The highest BCUT2D eigenvalue weighted by Gasteiger charge is 2.54. The quantitative estimate of drug-likeness (QED) is 0.293. The Labute approximate surface area is 317 Å². The fourth-order valence-corrected chi connectivity index (χ4v) is 9.06. The minimum absolute atomic E-state index is 0.0333. The van der Waals surface area contributed by atoms with Gasteiger partial charge in [-0.2, -0.15) is 0 Å². The number of carbonyl (C=O) groups excluding carboxylic acids is 2. The number of aliphatic hydroxyl groups excluding tert-OH is 2. The van der Waals surface area contributed by atoms with Gasteiger partial charge in [-0.25, -0.2) is 0 Å². The molecule has 0 aliphatic carbocycles. The number of cyclic esters (lactones) is 1. The van der Waals surface area contributed by atoms with Crippen LogP contribution in [0.1, 0.15) is 94.9 Å². The molecular weight excluding hydrogens is 690 g/mol. The number of nitrogens with zero attached hydrogens (tertiary/aromatic N) is 1. The van der Waals surface area contributed by atoms with Gasteiger partial charge in [0, 0.05) is 51.5 Å². The molecule has 0 aromatic heterocycles. The van der Waals surface area contributed by atoms with E-state index in [1.807, 2.05) is 32.8 Å². The Hall–Kier alpha value is -1.30. The molecule has 3 aliphatic heterocycles. The second-order valence-electron chi connectivity index (χ2n) is 16.8. The van der Waals surface area contributed by atoms with Crippen molar-refractivity contribution in [2.45, 2.75) is 179 Å². The molecule has 14 heteroatoms. The van der Waals surface area contributed by atoms with Crippen molar-refractivity contribution in [3.05, 3.63) is 0 Å². The number of rotatable bonds is 9. The first-order valence-corrected chi connectivity index (χ1v) is 19.3. The summed E-state index contributed by atoms with van der Waals surface area (Å²) in [4.78, 5) is 30.5. The van der Waals surface area contributed by atoms with Crippen LogP contribution in [0.25, 0.3) is 0 Å². The fraction of sp³-hybridized carbons (Fsp3) is 0.949. The lowest BCUT2D eigenvalue weighted by molar-refractivity contribution is -0.318. The van der Waals surface area contributed by atoms with E-state index in [0.717, 1.165) is 0 Å². The van der Waals surface area contributed by atoms with Crippen LogP contribution in [0.2, 0.25) is 0 Å². The number of aliphatic hydroxyl groups is 3. The van der Waals surface area contributed by atoms with Crippen molar-refractivity contribution in [3.8, 4) is 0 Å². The number of hydrogen-bond acceptors (Lipinski definition) is 14. The fourth-order valence-electron chi connectivity index (χ4n) is 9.06. The highest BCUT2D eigenvalue weighted by atomic mass is 16.7. The Morgan fingerprint density at radius 1 is 0.868 bits per heavy atom. The molecule has 3 heterocycles. The molecule has 18 atom stereocenters. The molecule has 9 unspecified atom stereocenters. The molecule has 0 aromatic rings. The zero-order chi connectivity index (χ0) is 40.4. The van der Waals surface area contributed by atoms with E-state index in [4.69, 9.17) is 37.9 Å². The molecule has 14 nitrogen and oxygen atoms in total. The minimum Gasteiger partial charge on any atom is -0.459 e. The summed E-state index contributed by atoms with van der Waals surface area (Å²) < 4.78 is 49.8. The summed E-state index contributed by atoms with van der Waals surface area (Å²) in [5.41, 5.74) is -3.97. The average molecular weight is 762 g/mol. The highest BCUT2D eigenvalue weighted by molar-refractivity contribution is 5.83. The smallest absolute Gasteiger partial charge is 0.311 e. The first kappa shape index (κ1) is 46.1. The van der Waals surface area contributed by atoms with E-state index in [-0.39, 0.29) is 30.8 Å². The normalized spacial score (nSPS) is 48.3. The molecule has 3 aliphatic rings. The maximum Gasteiger partial charge on any atom is 0.311 e. The van der Waals surface area contributed by atoms with E-state index < -0.39 is 102 Å². The van der Waals surface area contributed by atoms with Crippen LogP contribution in [-0.4, -0.2) is 152 Å². The van der Waals surface area contributed by atoms with Crippen molar-refractivity contribution in [2.24, 2.45) is 23.7 Å². The van der Waals surface area contributed by atoms with Crippen molar-refractivity contribution in [2.75, 3.05) is 35.4 Å². The zero-order valence-electron chi connectivity index (χ0n) is 34.9. The van der Waals surface area contributed by atoms with E-state index in [1.165, 1.54) is 21.3 Å². The van der Waals surface area contributed by atoms with Gasteiger partial charge in [0.1, 0.15) is 29.7 Å². The van der Waals surface area contributed by atoms with Crippen LogP contribution in [0, 0.1) is 23.7 Å². The molecule has 310 valence electrons. The zero-order valence-corrected chi connectivity index (χ0v) is 34.9. The lowest BCUT2D eigenvalue weighted by Gasteiger charge is -2.49. The van der Waals surface area contributed by atoms with Gasteiger partial charge in [0.25, 0.3) is 0 Å². The Morgan fingerprint density at radius 3 is 2.02 bits per heavy atom. The lowest BCUT2D eigenvalue weighted by atomic mass is 9.74. The van der Waals surface area contributed by atoms with E-state index in [9.17, 15) is 24.9 Å². The summed E-state index contributed by atoms with van der Waals surface area (Å²) in [6, 6.07) is -0.299. The van der Waals surface area contributed by atoms with Gasteiger partial charge in [0.05, 0.1) is 47.6 Å². The van der Waals surface area contributed by atoms with Gasteiger partial charge in [-0.3, -0.25) is 9.59 Å². The van der Waals surface area contributed by atoms with Crippen molar-refractivity contribution in [1.29, 1.82) is 0 Å². The van der Waals surface area contributed by atoms with Gasteiger partial charge < -0.3 is 58.1 Å². The van der Waals surface area contributed by atoms with Crippen molar-refractivity contribution in [1.82, 2.24) is 4.90 Å². The molecule has 3 rings (SSSR count). The van der Waals surface area contributed by atoms with Crippen LogP contribution in [0.3, 0.4) is 0 Å². The summed E-state index contributed by atoms with van der Waals surface area (Å²) in [6.07, 6.45) is -7.86. The van der Waals surface area contributed by atoms with Crippen LogP contribution in [0.15, 0.2) is 0 Å². The molecule has 0 radical (unpaired) electrons. The van der Waals surface area contributed by atoms with E-state index in [1.54, 1.807) is 55.4 Å². The van der Waals surface area contributed by atoms with Gasteiger partial charge in [-0.15, -0.1) is 0 Å².